The highest BCUT2D eigenvalue weighted by molar-refractivity contribution is 5.94. The summed E-state index contributed by atoms with van der Waals surface area (Å²) in [7, 11) is 1.73. The molecule has 0 radical (unpaired) electrons. The van der Waals surface area contributed by atoms with Crippen LogP contribution in [0, 0.1) is 0 Å². The fourth-order valence-corrected chi connectivity index (χ4v) is 3.80. The van der Waals surface area contributed by atoms with Gasteiger partial charge in [-0.3, -0.25) is 4.79 Å². The number of benzene rings is 1. The van der Waals surface area contributed by atoms with E-state index >= 15 is 0 Å². The number of carbonyl (C=O) groups excluding carboxylic acids is 1. The fraction of sp³-hybridized carbons (Fsp3) is 0.476. The number of rotatable bonds is 6. The molecule has 0 saturated heterocycles. The van der Waals surface area contributed by atoms with Gasteiger partial charge in [-0.15, -0.1) is 0 Å². The molecule has 28 heavy (non-hydrogen) atoms. The first-order valence-electron chi connectivity index (χ1n) is 9.56. The van der Waals surface area contributed by atoms with Gasteiger partial charge >= 0.3 is 6.18 Å². The normalized spacial score (nSPS) is 20.1. The lowest BCUT2D eigenvalue weighted by Crippen LogP contribution is -2.52. The van der Waals surface area contributed by atoms with Gasteiger partial charge in [-0.25, -0.2) is 0 Å². The van der Waals surface area contributed by atoms with Crippen molar-refractivity contribution in [1.29, 1.82) is 0 Å². The van der Waals surface area contributed by atoms with E-state index in [0.29, 0.717) is 0 Å². The van der Waals surface area contributed by atoms with Gasteiger partial charge in [0, 0.05) is 37.7 Å². The molecule has 1 N–H and O–H groups in total. The van der Waals surface area contributed by atoms with Crippen LogP contribution in [0.5, 0.6) is 0 Å². The first kappa shape index (κ1) is 20.5. The first-order valence-corrected chi connectivity index (χ1v) is 9.56. The van der Waals surface area contributed by atoms with Gasteiger partial charge < -0.3 is 14.6 Å². The van der Waals surface area contributed by atoms with Crippen molar-refractivity contribution in [2.24, 2.45) is 0 Å². The SMILES string of the molecule is CN(C(=O)c1ccc(C(F)(F)F)cc1)C1CCCCC1NCCc1ccco1. The van der Waals surface area contributed by atoms with E-state index in [4.69, 9.17) is 4.42 Å². The summed E-state index contributed by atoms with van der Waals surface area (Å²) in [5.74, 6) is 0.660. The molecule has 1 heterocycles. The fourth-order valence-electron chi connectivity index (χ4n) is 3.80. The summed E-state index contributed by atoms with van der Waals surface area (Å²) in [6, 6.07) is 8.39. The lowest BCUT2D eigenvalue weighted by molar-refractivity contribution is -0.137. The second kappa shape index (κ2) is 8.82. The molecule has 0 bridgehead atoms. The van der Waals surface area contributed by atoms with Crippen LogP contribution < -0.4 is 5.32 Å². The number of nitrogens with zero attached hydrogens (tertiary/aromatic N) is 1. The summed E-state index contributed by atoms with van der Waals surface area (Å²) >= 11 is 0. The van der Waals surface area contributed by atoms with Gasteiger partial charge in [-0.2, -0.15) is 13.2 Å². The Morgan fingerprint density at radius 1 is 1.18 bits per heavy atom. The van der Waals surface area contributed by atoms with E-state index in [2.05, 4.69) is 5.32 Å². The van der Waals surface area contributed by atoms with E-state index in [-0.39, 0.29) is 23.6 Å². The Morgan fingerprint density at radius 3 is 2.54 bits per heavy atom. The van der Waals surface area contributed by atoms with Crippen LogP contribution in [0.4, 0.5) is 13.2 Å². The highest BCUT2D eigenvalue weighted by Crippen LogP contribution is 2.30. The number of likely N-dealkylation sites (N-methyl/N-ethyl adjacent to an activating group) is 1. The van der Waals surface area contributed by atoms with Gasteiger partial charge in [0.15, 0.2) is 0 Å². The maximum atomic E-state index is 12.8. The monoisotopic (exact) mass is 394 g/mol. The number of halogens is 3. The predicted octanol–water partition coefficient (Wildman–Crippen LogP) is 4.51. The Bertz CT molecular complexity index is 757. The molecule has 3 rings (SSSR count). The smallest absolute Gasteiger partial charge is 0.416 e. The molecule has 2 unspecified atom stereocenters. The zero-order valence-electron chi connectivity index (χ0n) is 15.8. The third-order valence-electron chi connectivity index (χ3n) is 5.36. The van der Waals surface area contributed by atoms with Gasteiger partial charge in [0.25, 0.3) is 5.91 Å². The zero-order chi connectivity index (χ0) is 20.1. The molecule has 7 heteroatoms. The lowest BCUT2D eigenvalue weighted by atomic mass is 9.89. The molecule has 1 aromatic heterocycles. The van der Waals surface area contributed by atoms with E-state index in [0.717, 1.165) is 56.5 Å². The standard InChI is InChI=1S/C21H25F3N2O2/c1-26(20(27)15-8-10-16(11-9-15)21(22,23)24)19-7-3-2-6-18(19)25-13-12-17-5-4-14-28-17/h4-5,8-11,14,18-19,25H,2-3,6-7,12-13H2,1H3. The average Bonchev–Trinajstić information content (AvgIpc) is 3.20. The minimum atomic E-state index is -4.40. The van der Waals surface area contributed by atoms with Crippen LogP contribution in [0.3, 0.4) is 0 Å². The largest absolute Gasteiger partial charge is 0.469 e. The van der Waals surface area contributed by atoms with Gasteiger partial charge in [0.1, 0.15) is 5.76 Å². The molecule has 0 spiro atoms. The maximum Gasteiger partial charge on any atom is 0.416 e. The summed E-state index contributed by atoms with van der Waals surface area (Å²) in [4.78, 5) is 14.5. The van der Waals surface area contributed by atoms with Crippen LogP contribution in [0.1, 0.15) is 47.4 Å². The van der Waals surface area contributed by atoms with Crippen LogP contribution in [0.2, 0.25) is 0 Å². The van der Waals surface area contributed by atoms with Crippen LogP contribution in [0.15, 0.2) is 47.1 Å². The van der Waals surface area contributed by atoms with Gasteiger partial charge in [0.2, 0.25) is 0 Å². The molecule has 1 saturated carbocycles. The zero-order valence-corrected chi connectivity index (χ0v) is 15.8. The maximum absolute atomic E-state index is 12.8. The van der Waals surface area contributed by atoms with Crippen molar-refractivity contribution in [1.82, 2.24) is 10.2 Å². The molecule has 1 fully saturated rings. The van der Waals surface area contributed by atoms with Gasteiger partial charge in [0.05, 0.1) is 11.8 Å². The van der Waals surface area contributed by atoms with Crippen molar-refractivity contribution in [3.63, 3.8) is 0 Å². The summed E-state index contributed by atoms with van der Waals surface area (Å²) < 4.78 is 43.5. The molecule has 1 aromatic carbocycles. The number of amides is 1. The van der Waals surface area contributed by atoms with E-state index in [1.807, 2.05) is 12.1 Å². The van der Waals surface area contributed by atoms with Crippen LogP contribution in [0.25, 0.3) is 0 Å². The Kier molecular flexibility index (Phi) is 6.44. The molecule has 4 nitrogen and oxygen atoms in total. The van der Waals surface area contributed by atoms with Gasteiger partial charge in [-0.05, 0) is 49.2 Å². The molecule has 1 aliphatic rings. The molecule has 2 aromatic rings. The third kappa shape index (κ3) is 4.95. The summed E-state index contributed by atoms with van der Waals surface area (Å²) in [6.45, 7) is 0.747. The molecule has 152 valence electrons. The Balaban J connectivity index is 1.62. The summed E-state index contributed by atoms with van der Waals surface area (Å²) in [5, 5.41) is 3.52. The Labute approximate surface area is 162 Å². The number of carbonyl (C=O) groups is 1. The van der Waals surface area contributed by atoms with Crippen molar-refractivity contribution >= 4 is 5.91 Å². The van der Waals surface area contributed by atoms with Crippen LogP contribution in [-0.2, 0) is 12.6 Å². The minimum absolute atomic E-state index is 0.0140. The van der Waals surface area contributed by atoms with Crippen molar-refractivity contribution in [2.75, 3.05) is 13.6 Å². The molecular formula is C21H25F3N2O2. The van der Waals surface area contributed by atoms with Crippen LogP contribution >= 0.6 is 0 Å². The molecule has 0 aliphatic heterocycles. The minimum Gasteiger partial charge on any atom is -0.469 e. The molecule has 2 atom stereocenters. The Hall–Kier alpha value is -2.28. The third-order valence-corrected chi connectivity index (χ3v) is 5.36. The summed E-state index contributed by atoms with van der Waals surface area (Å²) in [6.07, 6.45) is 1.99. The van der Waals surface area contributed by atoms with E-state index < -0.39 is 11.7 Å². The average molecular weight is 394 g/mol. The number of hydrogen-bond acceptors (Lipinski definition) is 3. The second-order valence-corrected chi connectivity index (χ2v) is 7.23. The van der Waals surface area contributed by atoms with Crippen molar-refractivity contribution in [3.8, 4) is 0 Å². The van der Waals surface area contributed by atoms with Crippen molar-refractivity contribution in [2.45, 2.75) is 50.4 Å². The highest BCUT2D eigenvalue weighted by atomic mass is 19.4. The number of nitrogens with one attached hydrogen (secondary N) is 1. The Morgan fingerprint density at radius 2 is 1.89 bits per heavy atom. The quantitative estimate of drug-likeness (QED) is 0.784. The van der Waals surface area contributed by atoms with E-state index in [1.165, 1.54) is 12.1 Å². The number of alkyl halides is 3. The highest BCUT2D eigenvalue weighted by Gasteiger charge is 2.32. The molecular weight excluding hydrogens is 369 g/mol. The molecule has 1 aliphatic carbocycles. The van der Waals surface area contributed by atoms with E-state index in [1.54, 1.807) is 18.2 Å². The number of furan rings is 1. The predicted molar refractivity (Wildman–Crippen MR) is 100.0 cm³/mol. The second-order valence-electron chi connectivity index (χ2n) is 7.23. The van der Waals surface area contributed by atoms with Crippen molar-refractivity contribution < 1.29 is 22.4 Å². The van der Waals surface area contributed by atoms with E-state index in [9.17, 15) is 18.0 Å². The summed E-state index contributed by atoms with van der Waals surface area (Å²) in [5.41, 5.74) is -0.475. The number of hydrogen-bond donors (Lipinski definition) is 1. The molecule has 1 amide bonds. The van der Waals surface area contributed by atoms with Crippen LogP contribution in [-0.4, -0.2) is 36.5 Å². The van der Waals surface area contributed by atoms with Gasteiger partial charge in [-0.1, -0.05) is 12.8 Å². The van der Waals surface area contributed by atoms with Crippen molar-refractivity contribution in [3.05, 3.63) is 59.5 Å². The first-order chi connectivity index (χ1) is 13.4. The lowest BCUT2D eigenvalue weighted by Gasteiger charge is -2.38. The topological polar surface area (TPSA) is 45.5 Å².